The molecule has 1 aromatic carbocycles. The van der Waals surface area contributed by atoms with Gasteiger partial charge in [-0.25, -0.2) is 14.4 Å². The summed E-state index contributed by atoms with van der Waals surface area (Å²) >= 11 is 0. The van der Waals surface area contributed by atoms with E-state index in [0.29, 0.717) is 30.2 Å². The number of nitrogens with zero attached hydrogens (tertiary/aromatic N) is 2. The molecule has 22 heavy (non-hydrogen) atoms. The molecule has 1 saturated carbocycles. The summed E-state index contributed by atoms with van der Waals surface area (Å²) in [6.07, 6.45) is 3.95. The lowest BCUT2D eigenvalue weighted by molar-refractivity contribution is 0.460. The molecule has 0 radical (unpaired) electrons. The Morgan fingerprint density at radius 3 is 2.82 bits per heavy atom. The molecule has 1 aromatic heterocycles. The van der Waals surface area contributed by atoms with Crippen LogP contribution in [0.4, 0.5) is 4.39 Å². The van der Waals surface area contributed by atoms with Gasteiger partial charge in [-0.1, -0.05) is 0 Å². The van der Waals surface area contributed by atoms with E-state index in [1.807, 2.05) is 6.07 Å². The summed E-state index contributed by atoms with van der Waals surface area (Å²) < 4.78 is 18.4. The van der Waals surface area contributed by atoms with Crippen LogP contribution < -0.4 is 15.8 Å². The molecule has 0 amide bonds. The van der Waals surface area contributed by atoms with Crippen LogP contribution >= 0.6 is 0 Å². The van der Waals surface area contributed by atoms with Gasteiger partial charge >= 0.3 is 0 Å². The molecule has 3 rings (SSSR count). The lowest BCUT2D eigenvalue weighted by Gasteiger charge is -2.06. The van der Waals surface area contributed by atoms with Gasteiger partial charge in [-0.15, -0.1) is 0 Å². The Hall–Kier alpha value is -2.63. The third kappa shape index (κ3) is 4.18. The monoisotopic (exact) mass is 300 g/mol. The molecule has 1 heterocycles. The van der Waals surface area contributed by atoms with Crippen molar-refractivity contribution in [3.8, 4) is 11.6 Å². The number of nitrogens with one attached hydrogen (secondary N) is 1. The van der Waals surface area contributed by atoms with E-state index in [4.69, 9.17) is 10.5 Å². The largest absolute Gasteiger partial charge is 0.439 e. The summed E-state index contributed by atoms with van der Waals surface area (Å²) in [5, 5.41) is 3.13. The first-order chi connectivity index (χ1) is 10.7. The zero-order valence-electron chi connectivity index (χ0n) is 12.0. The Morgan fingerprint density at radius 2 is 2.09 bits per heavy atom. The first-order valence-corrected chi connectivity index (χ1v) is 7.14. The number of benzene rings is 1. The van der Waals surface area contributed by atoms with Crippen molar-refractivity contribution in [3.63, 3.8) is 0 Å². The first kappa shape index (κ1) is 14.3. The molecule has 0 bridgehead atoms. The fraction of sp³-hybridized carbons (Fsp3) is 0.250. The fourth-order valence-corrected chi connectivity index (χ4v) is 1.89. The molecular weight excluding hydrogens is 283 g/mol. The predicted octanol–water partition coefficient (Wildman–Crippen LogP) is 2.58. The zero-order valence-corrected chi connectivity index (χ0v) is 12.0. The molecule has 3 N–H and O–H groups in total. The van der Waals surface area contributed by atoms with Crippen molar-refractivity contribution in [1.82, 2.24) is 10.3 Å². The lowest BCUT2D eigenvalue weighted by atomic mass is 10.2. The van der Waals surface area contributed by atoms with E-state index in [0.717, 1.165) is 18.4 Å². The molecule has 0 spiro atoms. The van der Waals surface area contributed by atoms with E-state index in [9.17, 15) is 4.39 Å². The van der Waals surface area contributed by atoms with Gasteiger partial charge in [0.2, 0.25) is 5.88 Å². The number of hydrogen-bond acceptors (Lipinski definition) is 3. The minimum absolute atomic E-state index is 0.304. The van der Waals surface area contributed by atoms with Crippen LogP contribution in [-0.4, -0.2) is 17.0 Å². The number of pyridine rings is 1. The zero-order chi connectivity index (χ0) is 15.4. The summed E-state index contributed by atoms with van der Waals surface area (Å²) in [5.41, 5.74) is 6.73. The Balaban J connectivity index is 1.62. The second kappa shape index (κ2) is 6.43. The highest BCUT2D eigenvalue weighted by atomic mass is 19.1. The van der Waals surface area contributed by atoms with Crippen LogP contribution in [0.25, 0.3) is 0 Å². The number of aromatic nitrogens is 1. The summed E-state index contributed by atoms with van der Waals surface area (Å²) in [7, 11) is 0. The van der Waals surface area contributed by atoms with Crippen molar-refractivity contribution < 1.29 is 9.13 Å². The molecule has 2 aromatic rings. The highest BCUT2D eigenvalue weighted by molar-refractivity contribution is 5.78. The lowest BCUT2D eigenvalue weighted by Crippen LogP contribution is -2.33. The van der Waals surface area contributed by atoms with Crippen LogP contribution in [0.3, 0.4) is 0 Å². The van der Waals surface area contributed by atoms with Crippen LogP contribution in [0.1, 0.15) is 18.4 Å². The van der Waals surface area contributed by atoms with Crippen molar-refractivity contribution in [2.75, 3.05) is 0 Å². The second-order valence-corrected chi connectivity index (χ2v) is 5.18. The molecule has 6 heteroatoms. The molecule has 0 aliphatic heterocycles. The van der Waals surface area contributed by atoms with Gasteiger partial charge in [-0.2, -0.15) is 0 Å². The molecule has 0 saturated heterocycles. The fourth-order valence-electron chi connectivity index (χ4n) is 1.89. The van der Waals surface area contributed by atoms with Gasteiger partial charge in [0.1, 0.15) is 11.6 Å². The Kier molecular flexibility index (Phi) is 4.18. The van der Waals surface area contributed by atoms with Gasteiger partial charge in [-0.3, -0.25) is 0 Å². The van der Waals surface area contributed by atoms with Crippen LogP contribution in [0, 0.1) is 5.82 Å². The maximum Gasteiger partial charge on any atom is 0.219 e. The van der Waals surface area contributed by atoms with Crippen LogP contribution in [0.2, 0.25) is 0 Å². The normalized spacial score (nSPS) is 14.7. The number of hydrogen-bond donors (Lipinski definition) is 2. The summed E-state index contributed by atoms with van der Waals surface area (Å²) in [6, 6.07) is 9.92. The quantitative estimate of drug-likeness (QED) is 0.657. The van der Waals surface area contributed by atoms with E-state index in [-0.39, 0.29) is 5.82 Å². The van der Waals surface area contributed by atoms with E-state index in [1.54, 1.807) is 24.4 Å². The van der Waals surface area contributed by atoms with E-state index < -0.39 is 0 Å². The Morgan fingerprint density at radius 1 is 1.32 bits per heavy atom. The third-order valence-electron chi connectivity index (χ3n) is 3.20. The van der Waals surface area contributed by atoms with Crippen molar-refractivity contribution in [1.29, 1.82) is 0 Å². The molecule has 114 valence electrons. The maximum absolute atomic E-state index is 12.9. The van der Waals surface area contributed by atoms with Crippen molar-refractivity contribution in [2.45, 2.75) is 25.4 Å². The molecule has 1 fully saturated rings. The number of guanidine groups is 1. The van der Waals surface area contributed by atoms with Crippen LogP contribution in [-0.2, 0) is 6.54 Å². The smallest absolute Gasteiger partial charge is 0.219 e. The number of rotatable bonds is 5. The SMILES string of the molecule is NC(=NCc1ccnc(Oc2ccc(F)cc2)c1)NC1CC1. The minimum Gasteiger partial charge on any atom is -0.439 e. The van der Waals surface area contributed by atoms with E-state index >= 15 is 0 Å². The second-order valence-electron chi connectivity index (χ2n) is 5.18. The third-order valence-corrected chi connectivity index (χ3v) is 3.20. The van der Waals surface area contributed by atoms with E-state index in [1.165, 1.54) is 12.1 Å². The standard InChI is InChI=1S/C16H17FN4O/c17-12-1-5-14(6-2-12)22-15-9-11(7-8-19-15)10-20-16(18)21-13-3-4-13/h1-2,5-9,13H,3-4,10H2,(H3,18,20,21). The van der Waals surface area contributed by atoms with Crippen molar-refractivity contribution in [2.24, 2.45) is 10.7 Å². The summed E-state index contributed by atoms with van der Waals surface area (Å²) in [4.78, 5) is 8.42. The van der Waals surface area contributed by atoms with Crippen LogP contribution in [0.5, 0.6) is 11.6 Å². The number of aliphatic imine (C=N–C) groups is 1. The van der Waals surface area contributed by atoms with Gasteiger partial charge in [0.05, 0.1) is 6.54 Å². The van der Waals surface area contributed by atoms with Gasteiger partial charge in [0.25, 0.3) is 0 Å². The van der Waals surface area contributed by atoms with Crippen molar-refractivity contribution >= 4 is 5.96 Å². The highest BCUT2D eigenvalue weighted by Gasteiger charge is 2.21. The molecule has 1 aliphatic carbocycles. The Labute approximate surface area is 128 Å². The van der Waals surface area contributed by atoms with Gasteiger partial charge < -0.3 is 15.8 Å². The van der Waals surface area contributed by atoms with Crippen molar-refractivity contribution in [3.05, 3.63) is 54.0 Å². The average Bonchev–Trinajstić information content (AvgIpc) is 3.32. The van der Waals surface area contributed by atoms with Gasteiger partial charge in [0.15, 0.2) is 5.96 Å². The molecule has 0 atom stereocenters. The minimum atomic E-state index is -0.304. The Bertz CT molecular complexity index is 668. The van der Waals surface area contributed by atoms with Gasteiger partial charge in [-0.05, 0) is 48.7 Å². The topological polar surface area (TPSA) is 72.5 Å². The van der Waals surface area contributed by atoms with Crippen LogP contribution in [0.15, 0.2) is 47.6 Å². The summed E-state index contributed by atoms with van der Waals surface area (Å²) in [5.74, 6) is 1.12. The number of halogens is 1. The first-order valence-electron chi connectivity index (χ1n) is 7.14. The molecular formula is C16H17FN4O. The molecule has 1 aliphatic rings. The highest BCUT2D eigenvalue weighted by Crippen LogP contribution is 2.21. The summed E-state index contributed by atoms with van der Waals surface area (Å²) in [6.45, 7) is 0.452. The number of ether oxygens (including phenoxy) is 1. The number of nitrogens with two attached hydrogens (primary N) is 1. The molecule has 0 unspecified atom stereocenters. The van der Waals surface area contributed by atoms with E-state index in [2.05, 4.69) is 15.3 Å². The predicted molar refractivity (Wildman–Crippen MR) is 82.2 cm³/mol. The van der Waals surface area contributed by atoms with Gasteiger partial charge in [0, 0.05) is 18.3 Å². The maximum atomic E-state index is 12.9. The molecule has 5 nitrogen and oxygen atoms in total. The average molecular weight is 300 g/mol.